The minimum absolute atomic E-state index is 0.686. The van der Waals surface area contributed by atoms with Gasteiger partial charge >= 0.3 is 0 Å². The number of rotatable bonds is 1. The van der Waals surface area contributed by atoms with Crippen molar-refractivity contribution < 1.29 is 0 Å². The Morgan fingerprint density at radius 2 is 1.14 bits per heavy atom. The molecule has 0 saturated carbocycles. The molecule has 0 aliphatic carbocycles. The van der Waals surface area contributed by atoms with Crippen LogP contribution in [0.2, 0.25) is 0 Å². The Hall–Kier alpha value is -3.86. The van der Waals surface area contributed by atoms with E-state index in [1.54, 1.807) is 0 Å². The van der Waals surface area contributed by atoms with E-state index in [0.717, 1.165) is 46.2 Å². The van der Waals surface area contributed by atoms with E-state index in [1.807, 2.05) is 73.7 Å². The Morgan fingerprint density at radius 1 is 0.655 bits per heavy atom. The maximum absolute atomic E-state index is 6.05. The standard InChI is InChI=1S/C28H23N/c1-3-4-5-10-23-11-6-7-12-24(23)16-17-25-13-8-9-14-26(25)18-19-27-21-22(2)15-20-28(27)29/h6-9,11-15,20-21H,3-4,29H2,1-2H3. The summed E-state index contributed by atoms with van der Waals surface area (Å²) in [6, 6.07) is 21.8. The van der Waals surface area contributed by atoms with Gasteiger partial charge in [-0.2, -0.15) is 0 Å². The van der Waals surface area contributed by atoms with Crippen molar-refractivity contribution in [3.05, 3.63) is 100 Å². The van der Waals surface area contributed by atoms with Gasteiger partial charge in [0.05, 0.1) is 0 Å². The molecule has 0 radical (unpaired) electrons. The quantitative estimate of drug-likeness (QED) is 0.441. The van der Waals surface area contributed by atoms with E-state index in [1.165, 1.54) is 0 Å². The minimum atomic E-state index is 0.686. The van der Waals surface area contributed by atoms with E-state index < -0.39 is 0 Å². The molecule has 2 N–H and O–H groups in total. The molecule has 0 amide bonds. The van der Waals surface area contributed by atoms with Crippen molar-refractivity contribution >= 4 is 5.69 Å². The molecular weight excluding hydrogens is 350 g/mol. The van der Waals surface area contributed by atoms with Gasteiger partial charge in [-0.05, 0) is 55.3 Å². The fraction of sp³-hybridized carbons (Fsp3) is 0.143. The number of hydrogen-bond acceptors (Lipinski definition) is 1. The van der Waals surface area contributed by atoms with Gasteiger partial charge in [0.15, 0.2) is 0 Å². The Kier molecular flexibility index (Phi) is 6.79. The molecule has 3 aromatic carbocycles. The second kappa shape index (κ2) is 9.90. The van der Waals surface area contributed by atoms with Gasteiger partial charge in [-0.25, -0.2) is 0 Å². The predicted molar refractivity (Wildman–Crippen MR) is 122 cm³/mol. The van der Waals surface area contributed by atoms with Crippen molar-refractivity contribution in [3.63, 3.8) is 0 Å². The molecule has 0 atom stereocenters. The van der Waals surface area contributed by atoms with Crippen LogP contribution in [0.15, 0.2) is 66.7 Å². The van der Waals surface area contributed by atoms with Crippen LogP contribution < -0.4 is 5.73 Å². The van der Waals surface area contributed by atoms with Crippen LogP contribution in [-0.2, 0) is 0 Å². The zero-order valence-electron chi connectivity index (χ0n) is 16.8. The monoisotopic (exact) mass is 373 g/mol. The fourth-order valence-corrected chi connectivity index (χ4v) is 2.73. The predicted octanol–water partition coefficient (Wildman–Crippen LogP) is 5.53. The van der Waals surface area contributed by atoms with E-state index in [0.29, 0.717) is 5.69 Å². The summed E-state index contributed by atoms with van der Waals surface area (Å²) in [6.45, 7) is 4.16. The van der Waals surface area contributed by atoms with Gasteiger partial charge in [-0.1, -0.05) is 72.8 Å². The molecule has 0 unspecified atom stereocenters. The first kappa shape index (κ1) is 19.9. The average molecular weight is 373 g/mol. The lowest BCUT2D eigenvalue weighted by atomic mass is 10.0. The Bertz CT molecular complexity index is 1200. The molecule has 0 saturated heterocycles. The summed E-state index contributed by atoms with van der Waals surface area (Å²) in [4.78, 5) is 0. The lowest BCUT2D eigenvalue weighted by Crippen LogP contribution is -1.91. The van der Waals surface area contributed by atoms with Crippen LogP contribution in [0.5, 0.6) is 0 Å². The second-order valence-corrected chi connectivity index (χ2v) is 6.73. The Balaban J connectivity index is 1.95. The molecular formula is C28H23N. The van der Waals surface area contributed by atoms with Gasteiger partial charge in [-0.3, -0.25) is 0 Å². The molecule has 0 spiro atoms. The highest BCUT2D eigenvalue weighted by molar-refractivity contribution is 5.61. The van der Waals surface area contributed by atoms with Gasteiger partial charge in [0.2, 0.25) is 0 Å². The van der Waals surface area contributed by atoms with Gasteiger partial charge in [0.1, 0.15) is 0 Å². The van der Waals surface area contributed by atoms with Crippen LogP contribution in [0.1, 0.15) is 53.1 Å². The lowest BCUT2D eigenvalue weighted by molar-refractivity contribution is 0.983. The normalized spacial score (nSPS) is 9.31. The third-order valence-corrected chi connectivity index (χ3v) is 4.32. The summed E-state index contributed by atoms with van der Waals surface area (Å²) < 4.78 is 0. The van der Waals surface area contributed by atoms with Crippen LogP contribution in [0.4, 0.5) is 5.69 Å². The smallest absolute Gasteiger partial charge is 0.0481 e. The van der Waals surface area contributed by atoms with Crippen molar-refractivity contribution in [1.82, 2.24) is 0 Å². The highest BCUT2D eigenvalue weighted by Crippen LogP contribution is 2.13. The van der Waals surface area contributed by atoms with Crippen LogP contribution in [0, 0.1) is 42.4 Å². The average Bonchev–Trinajstić information content (AvgIpc) is 2.74. The van der Waals surface area contributed by atoms with Gasteiger partial charge in [0, 0.05) is 39.9 Å². The lowest BCUT2D eigenvalue weighted by Gasteiger charge is -2.00. The zero-order valence-corrected chi connectivity index (χ0v) is 16.8. The van der Waals surface area contributed by atoms with Crippen molar-refractivity contribution in [2.75, 3.05) is 5.73 Å². The second-order valence-electron chi connectivity index (χ2n) is 6.73. The number of hydrogen-bond donors (Lipinski definition) is 1. The number of aryl methyl sites for hydroxylation is 1. The van der Waals surface area contributed by atoms with E-state index in [2.05, 4.69) is 42.4 Å². The highest BCUT2D eigenvalue weighted by atomic mass is 14.5. The maximum atomic E-state index is 6.05. The largest absolute Gasteiger partial charge is 0.398 e. The molecule has 3 aromatic rings. The van der Waals surface area contributed by atoms with Crippen LogP contribution >= 0.6 is 0 Å². The summed E-state index contributed by atoms with van der Waals surface area (Å²) in [5.74, 6) is 19.4. The van der Waals surface area contributed by atoms with Gasteiger partial charge < -0.3 is 5.73 Å². The topological polar surface area (TPSA) is 26.0 Å². The van der Waals surface area contributed by atoms with E-state index in [4.69, 9.17) is 5.73 Å². The number of anilines is 1. The molecule has 0 aromatic heterocycles. The third-order valence-electron chi connectivity index (χ3n) is 4.32. The molecule has 0 fully saturated rings. The summed E-state index contributed by atoms with van der Waals surface area (Å²) in [5.41, 5.74) is 12.4. The molecule has 1 heteroatoms. The van der Waals surface area contributed by atoms with Gasteiger partial charge in [-0.15, -0.1) is 0 Å². The summed E-state index contributed by atoms with van der Waals surface area (Å²) in [6.07, 6.45) is 1.95. The van der Waals surface area contributed by atoms with E-state index >= 15 is 0 Å². The molecule has 0 aliphatic heterocycles. The molecule has 1 nitrogen and oxygen atoms in total. The van der Waals surface area contributed by atoms with Crippen LogP contribution in [0.25, 0.3) is 0 Å². The number of benzene rings is 3. The first-order valence-corrected chi connectivity index (χ1v) is 9.74. The number of nitrogen functional groups attached to an aromatic ring is 1. The van der Waals surface area contributed by atoms with E-state index in [-0.39, 0.29) is 0 Å². The summed E-state index contributed by atoms with van der Waals surface area (Å²) >= 11 is 0. The number of nitrogens with two attached hydrogens (primary N) is 1. The molecule has 0 bridgehead atoms. The van der Waals surface area contributed by atoms with Crippen molar-refractivity contribution in [2.45, 2.75) is 26.7 Å². The fourth-order valence-electron chi connectivity index (χ4n) is 2.73. The zero-order chi connectivity index (χ0) is 20.5. The third kappa shape index (κ3) is 5.56. The van der Waals surface area contributed by atoms with Gasteiger partial charge in [0.25, 0.3) is 0 Å². The summed E-state index contributed by atoms with van der Waals surface area (Å²) in [5, 5.41) is 0. The molecule has 0 aliphatic rings. The van der Waals surface area contributed by atoms with Crippen molar-refractivity contribution in [3.8, 4) is 35.5 Å². The van der Waals surface area contributed by atoms with E-state index in [9.17, 15) is 0 Å². The number of unbranched alkanes of at least 4 members (excludes halogenated alkanes) is 1. The van der Waals surface area contributed by atoms with Crippen molar-refractivity contribution in [2.24, 2.45) is 0 Å². The molecule has 29 heavy (non-hydrogen) atoms. The van der Waals surface area contributed by atoms with Crippen LogP contribution in [-0.4, -0.2) is 0 Å². The molecule has 140 valence electrons. The Labute approximate surface area is 174 Å². The minimum Gasteiger partial charge on any atom is -0.398 e. The highest BCUT2D eigenvalue weighted by Gasteiger charge is 1.99. The Morgan fingerprint density at radius 3 is 1.66 bits per heavy atom. The first-order valence-electron chi connectivity index (χ1n) is 9.74. The SMILES string of the molecule is CCCC#Cc1ccccc1C#Cc1ccccc1C#Cc1cc(C)ccc1N. The van der Waals surface area contributed by atoms with Crippen LogP contribution in [0.3, 0.4) is 0 Å². The first-order chi connectivity index (χ1) is 14.2. The molecule has 0 heterocycles. The summed E-state index contributed by atoms with van der Waals surface area (Å²) in [7, 11) is 0. The maximum Gasteiger partial charge on any atom is 0.0481 e. The molecule has 3 rings (SSSR count). The van der Waals surface area contributed by atoms with Crippen molar-refractivity contribution in [1.29, 1.82) is 0 Å².